The zero-order chi connectivity index (χ0) is 13.8. The number of benzene rings is 1. The van der Waals surface area contributed by atoms with E-state index < -0.39 is 0 Å². The molecule has 0 unspecified atom stereocenters. The fourth-order valence-corrected chi connectivity index (χ4v) is 2.42. The molecule has 2 aromatic heterocycles. The Hall–Kier alpha value is -1.95. The fourth-order valence-electron chi connectivity index (χ4n) is 2.06. The number of hydrogen-bond donors (Lipinski definition) is 1. The first kappa shape index (κ1) is 13.1. The summed E-state index contributed by atoms with van der Waals surface area (Å²) in [6.45, 7) is 1.80. The van der Waals surface area contributed by atoms with E-state index in [9.17, 15) is 0 Å². The lowest BCUT2D eigenvalue weighted by atomic mass is 10.2. The van der Waals surface area contributed by atoms with Crippen LogP contribution in [0.1, 0.15) is 6.42 Å². The molecule has 5 nitrogen and oxygen atoms in total. The number of fused-ring (bicyclic) bond motifs is 1. The number of anilines is 1. The van der Waals surface area contributed by atoms with E-state index in [0.717, 1.165) is 40.7 Å². The van der Waals surface area contributed by atoms with Crippen molar-refractivity contribution in [2.45, 2.75) is 13.0 Å². The number of halogens is 1. The predicted molar refractivity (Wildman–Crippen MR) is 82.6 cm³/mol. The van der Waals surface area contributed by atoms with Gasteiger partial charge in [-0.1, -0.05) is 15.9 Å². The molecule has 1 N–H and O–H groups in total. The third-order valence-corrected chi connectivity index (χ3v) is 3.54. The number of rotatable bonds is 5. The summed E-state index contributed by atoms with van der Waals surface area (Å²) in [6, 6.07) is 6.00. The number of aryl methyl sites for hydroxylation is 1. The maximum Gasteiger partial charge on any atom is 0.137 e. The SMILES string of the molecule is Brc1ccc2ncnc(NCCCn3ccnc3)c2c1. The van der Waals surface area contributed by atoms with Gasteiger partial charge in [0.25, 0.3) is 0 Å². The Morgan fingerprint density at radius 3 is 3.05 bits per heavy atom. The van der Waals surface area contributed by atoms with Gasteiger partial charge in [-0.15, -0.1) is 0 Å². The Labute approximate surface area is 125 Å². The molecule has 0 bridgehead atoms. The van der Waals surface area contributed by atoms with Crippen LogP contribution in [0.25, 0.3) is 10.9 Å². The fraction of sp³-hybridized carbons (Fsp3) is 0.214. The Morgan fingerprint density at radius 1 is 1.25 bits per heavy atom. The van der Waals surface area contributed by atoms with Crippen molar-refractivity contribution in [2.24, 2.45) is 0 Å². The van der Waals surface area contributed by atoms with Crippen LogP contribution < -0.4 is 5.32 Å². The highest BCUT2D eigenvalue weighted by atomic mass is 79.9. The molecule has 20 heavy (non-hydrogen) atoms. The highest BCUT2D eigenvalue weighted by Crippen LogP contribution is 2.23. The predicted octanol–water partition coefficient (Wildman–Crippen LogP) is 3.09. The lowest BCUT2D eigenvalue weighted by molar-refractivity contribution is 0.660. The van der Waals surface area contributed by atoms with Gasteiger partial charge in [0.15, 0.2) is 0 Å². The van der Waals surface area contributed by atoms with Gasteiger partial charge >= 0.3 is 0 Å². The molecule has 0 aliphatic heterocycles. The molecule has 0 saturated carbocycles. The molecule has 0 fully saturated rings. The number of imidazole rings is 1. The minimum absolute atomic E-state index is 0.858. The normalized spacial score (nSPS) is 10.8. The Bertz CT molecular complexity index is 696. The number of aromatic nitrogens is 4. The van der Waals surface area contributed by atoms with Crippen LogP contribution in [0.15, 0.2) is 47.7 Å². The first-order valence-electron chi connectivity index (χ1n) is 6.43. The highest BCUT2D eigenvalue weighted by molar-refractivity contribution is 9.10. The van der Waals surface area contributed by atoms with E-state index in [1.54, 1.807) is 12.5 Å². The molecule has 0 aliphatic carbocycles. The van der Waals surface area contributed by atoms with Gasteiger partial charge in [-0.2, -0.15) is 0 Å². The van der Waals surface area contributed by atoms with Crippen molar-refractivity contribution >= 4 is 32.7 Å². The Morgan fingerprint density at radius 2 is 2.20 bits per heavy atom. The van der Waals surface area contributed by atoms with E-state index in [4.69, 9.17) is 0 Å². The first-order chi connectivity index (χ1) is 9.83. The van der Waals surface area contributed by atoms with E-state index in [2.05, 4.69) is 40.8 Å². The molecule has 2 heterocycles. The van der Waals surface area contributed by atoms with Crippen molar-refractivity contribution in [3.05, 3.63) is 47.7 Å². The van der Waals surface area contributed by atoms with Crippen molar-refractivity contribution in [1.82, 2.24) is 19.5 Å². The minimum atomic E-state index is 0.858. The zero-order valence-corrected chi connectivity index (χ0v) is 12.4. The van der Waals surface area contributed by atoms with Gasteiger partial charge in [-0.3, -0.25) is 0 Å². The largest absolute Gasteiger partial charge is 0.369 e. The van der Waals surface area contributed by atoms with Crippen LogP contribution in [0.3, 0.4) is 0 Å². The van der Waals surface area contributed by atoms with Gasteiger partial charge in [0.05, 0.1) is 11.8 Å². The maximum absolute atomic E-state index is 4.32. The van der Waals surface area contributed by atoms with E-state index in [0.29, 0.717) is 0 Å². The molecule has 0 saturated heterocycles. The monoisotopic (exact) mass is 331 g/mol. The molecule has 3 aromatic rings. The van der Waals surface area contributed by atoms with E-state index in [1.807, 2.05) is 30.7 Å². The second-order valence-electron chi connectivity index (χ2n) is 4.46. The van der Waals surface area contributed by atoms with Crippen LogP contribution in [-0.4, -0.2) is 26.1 Å². The van der Waals surface area contributed by atoms with Gasteiger partial charge in [-0.05, 0) is 24.6 Å². The summed E-state index contributed by atoms with van der Waals surface area (Å²) in [7, 11) is 0. The van der Waals surface area contributed by atoms with Gasteiger partial charge < -0.3 is 9.88 Å². The summed E-state index contributed by atoms with van der Waals surface area (Å²) in [6.07, 6.45) is 8.20. The summed E-state index contributed by atoms with van der Waals surface area (Å²) in [5.74, 6) is 0.877. The average Bonchev–Trinajstić information content (AvgIpc) is 2.97. The van der Waals surface area contributed by atoms with Crippen molar-refractivity contribution in [3.63, 3.8) is 0 Å². The molecule has 0 spiro atoms. The molecule has 0 radical (unpaired) electrons. The molecule has 102 valence electrons. The van der Waals surface area contributed by atoms with E-state index in [-0.39, 0.29) is 0 Å². The second kappa shape index (κ2) is 6.00. The standard InChI is InChI=1S/C14H14BrN5/c15-11-2-3-13-12(8-11)14(19-9-18-13)17-4-1-6-20-7-5-16-10-20/h2-3,5,7-10H,1,4,6H2,(H,17,18,19). The van der Waals surface area contributed by atoms with Crippen molar-refractivity contribution in [3.8, 4) is 0 Å². The lowest BCUT2D eigenvalue weighted by Crippen LogP contribution is -2.07. The highest BCUT2D eigenvalue weighted by Gasteiger charge is 2.03. The minimum Gasteiger partial charge on any atom is -0.369 e. The van der Waals surface area contributed by atoms with Gasteiger partial charge in [0.1, 0.15) is 12.1 Å². The second-order valence-corrected chi connectivity index (χ2v) is 5.38. The quantitative estimate of drug-likeness (QED) is 0.730. The smallest absolute Gasteiger partial charge is 0.137 e. The number of nitrogens with zero attached hydrogens (tertiary/aromatic N) is 4. The van der Waals surface area contributed by atoms with Crippen molar-refractivity contribution < 1.29 is 0 Å². The van der Waals surface area contributed by atoms with Crippen LogP contribution in [0.2, 0.25) is 0 Å². The van der Waals surface area contributed by atoms with Gasteiger partial charge in [0.2, 0.25) is 0 Å². The first-order valence-corrected chi connectivity index (χ1v) is 7.22. The molecule has 0 aliphatic rings. The third kappa shape index (κ3) is 2.96. The van der Waals surface area contributed by atoms with Gasteiger partial charge in [0, 0.05) is 35.3 Å². The van der Waals surface area contributed by atoms with E-state index >= 15 is 0 Å². The molecule has 3 rings (SSSR count). The number of hydrogen-bond acceptors (Lipinski definition) is 4. The zero-order valence-electron chi connectivity index (χ0n) is 10.8. The maximum atomic E-state index is 4.32. The average molecular weight is 332 g/mol. The molecule has 1 aromatic carbocycles. The Balaban J connectivity index is 1.66. The number of nitrogens with one attached hydrogen (secondary N) is 1. The summed E-state index contributed by atoms with van der Waals surface area (Å²) in [5, 5.41) is 4.40. The van der Waals surface area contributed by atoms with Crippen LogP contribution in [-0.2, 0) is 6.54 Å². The molecular weight excluding hydrogens is 318 g/mol. The van der Waals surface area contributed by atoms with E-state index in [1.165, 1.54) is 0 Å². The molecule has 0 atom stereocenters. The molecule has 6 heteroatoms. The topological polar surface area (TPSA) is 55.6 Å². The van der Waals surface area contributed by atoms with Crippen LogP contribution >= 0.6 is 15.9 Å². The van der Waals surface area contributed by atoms with Crippen LogP contribution in [0.5, 0.6) is 0 Å². The van der Waals surface area contributed by atoms with Gasteiger partial charge in [-0.25, -0.2) is 15.0 Å². The Kier molecular flexibility index (Phi) is 3.92. The van der Waals surface area contributed by atoms with Crippen LogP contribution in [0, 0.1) is 0 Å². The third-order valence-electron chi connectivity index (χ3n) is 3.04. The lowest BCUT2D eigenvalue weighted by Gasteiger charge is -2.08. The summed E-state index contributed by atoms with van der Waals surface area (Å²) in [4.78, 5) is 12.6. The molecule has 0 amide bonds. The summed E-state index contributed by atoms with van der Waals surface area (Å²) >= 11 is 3.48. The summed E-state index contributed by atoms with van der Waals surface area (Å²) < 4.78 is 3.09. The van der Waals surface area contributed by atoms with Crippen LogP contribution in [0.4, 0.5) is 5.82 Å². The van der Waals surface area contributed by atoms with Crippen molar-refractivity contribution in [2.75, 3.05) is 11.9 Å². The van der Waals surface area contributed by atoms with Crippen molar-refractivity contribution in [1.29, 1.82) is 0 Å². The summed E-state index contributed by atoms with van der Waals surface area (Å²) in [5.41, 5.74) is 0.945. The molecular formula is C14H14BrN5.